The van der Waals surface area contributed by atoms with E-state index in [0.29, 0.717) is 6.04 Å². The maximum Gasteiger partial charge on any atom is 0.160 e. The monoisotopic (exact) mass is 263 g/mol. The zero-order chi connectivity index (χ0) is 13.7. The zero-order valence-corrected chi connectivity index (χ0v) is 12.2. The van der Waals surface area contributed by atoms with Crippen LogP contribution in [0.4, 0.5) is 0 Å². The lowest BCUT2D eigenvalue weighted by Gasteiger charge is -2.34. The third-order valence-electron chi connectivity index (χ3n) is 4.09. The van der Waals surface area contributed by atoms with Gasteiger partial charge in [-0.25, -0.2) is 0 Å². The molecule has 0 bridgehead atoms. The summed E-state index contributed by atoms with van der Waals surface area (Å²) < 4.78 is 10.7. The highest BCUT2D eigenvalue weighted by Gasteiger charge is 2.26. The smallest absolute Gasteiger partial charge is 0.160 e. The molecule has 1 fully saturated rings. The number of hydrogen-bond donors (Lipinski definition) is 1. The van der Waals surface area contributed by atoms with Crippen molar-refractivity contribution in [2.24, 2.45) is 5.92 Å². The highest BCUT2D eigenvalue weighted by molar-refractivity contribution is 5.43. The Hall–Kier alpha value is -1.22. The van der Waals surface area contributed by atoms with Gasteiger partial charge in [0.25, 0.3) is 0 Å². The van der Waals surface area contributed by atoms with Gasteiger partial charge in [0.2, 0.25) is 0 Å². The molecule has 19 heavy (non-hydrogen) atoms. The van der Waals surface area contributed by atoms with Gasteiger partial charge in [-0.2, -0.15) is 0 Å². The van der Waals surface area contributed by atoms with Crippen molar-refractivity contribution in [3.05, 3.63) is 23.8 Å². The fourth-order valence-corrected chi connectivity index (χ4v) is 2.77. The van der Waals surface area contributed by atoms with Gasteiger partial charge in [0.1, 0.15) is 0 Å². The van der Waals surface area contributed by atoms with E-state index < -0.39 is 0 Å². The molecule has 0 saturated heterocycles. The number of likely N-dealkylation sites (N-methyl/N-ethyl adjacent to an activating group) is 1. The maximum atomic E-state index is 5.37. The van der Waals surface area contributed by atoms with Gasteiger partial charge in [-0.05, 0) is 49.4 Å². The minimum absolute atomic E-state index is 0.594. The Morgan fingerprint density at radius 3 is 2.47 bits per heavy atom. The molecule has 106 valence electrons. The van der Waals surface area contributed by atoms with Crippen molar-refractivity contribution in [1.29, 1.82) is 0 Å². The molecule has 3 heteroatoms. The molecule has 1 aliphatic rings. The van der Waals surface area contributed by atoms with Crippen molar-refractivity contribution in [3.8, 4) is 11.5 Å². The molecule has 0 aliphatic heterocycles. The fraction of sp³-hybridized carbons (Fsp3) is 0.625. The molecule has 1 aliphatic carbocycles. The molecular formula is C16H25NO2. The topological polar surface area (TPSA) is 30.5 Å². The summed E-state index contributed by atoms with van der Waals surface area (Å²) in [7, 11) is 3.36. The Balaban J connectivity index is 2.07. The van der Waals surface area contributed by atoms with Crippen molar-refractivity contribution in [1.82, 2.24) is 5.32 Å². The summed E-state index contributed by atoms with van der Waals surface area (Å²) in [5.74, 6) is 2.46. The van der Waals surface area contributed by atoms with Crippen LogP contribution in [0, 0.1) is 5.92 Å². The van der Waals surface area contributed by atoms with Crippen LogP contribution in [0.5, 0.6) is 11.5 Å². The van der Waals surface area contributed by atoms with E-state index in [1.54, 1.807) is 14.2 Å². The third-order valence-corrected chi connectivity index (χ3v) is 4.09. The average molecular weight is 263 g/mol. The lowest BCUT2D eigenvalue weighted by molar-refractivity contribution is 0.229. The second-order valence-corrected chi connectivity index (χ2v) is 5.25. The van der Waals surface area contributed by atoms with E-state index >= 15 is 0 Å². The number of nitrogens with one attached hydrogen (secondary N) is 1. The molecule has 0 heterocycles. The molecule has 1 atom stereocenters. The molecule has 1 N–H and O–H groups in total. The first kappa shape index (κ1) is 14.2. The van der Waals surface area contributed by atoms with E-state index in [2.05, 4.69) is 24.4 Å². The van der Waals surface area contributed by atoms with Crippen molar-refractivity contribution >= 4 is 0 Å². The van der Waals surface area contributed by atoms with E-state index in [1.165, 1.54) is 24.8 Å². The van der Waals surface area contributed by atoms with E-state index in [9.17, 15) is 0 Å². The molecule has 0 radical (unpaired) electrons. The van der Waals surface area contributed by atoms with Gasteiger partial charge in [0, 0.05) is 6.04 Å². The van der Waals surface area contributed by atoms with Crippen LogP contribution < -0.4 is 14.8 Å². The third kappa shape index (κ3) is 3.41. The molecule has 0 spiro atoms. The summed E-state index contributed by atoms with van der Waals surface area (Å²) >= 11 is 0. The quantitative estimate of drug-likeness (QED) is 0.820. The molecule has 1 aromatic carbocycles. The predicted molar refractivity (Wildman–Crippen MR) is 78.1 cm³/mol. The molecule has 1 unspecified atom stereocenters. The zero-order valence-electron chi connectivity index (χ0n) is 12.2. The lowest BCUT2D eigenvalue weighted by atomic mass is 9.77. The summed E-state index contributed by atoms with van der Waals surface area (Å²) in [5, 5.41) is 3.63. The lowest BCUT2D eigenvalue weighted by Crippen LogP contribution is -2.41. The van der Waals surface area contributed by atoms with Gasteiger partial charge in [0.15, 0.2) is 11.5 Å². The van der Waals surface area contributed by atoms with Crippen LogP contribution in [0.3, 0.4) is 0 Å². The number of methoxy groups -OCH3 is 2. The first-order chi connectivity index (χ1) is 9.28. The first-order valence-corrected chi connectivity index (χ1v) is 7.22. The van der Waals surface area contributed by atoms with Crippen molar-refractivity contribution in [2.75, 3.05) is 20.8 Å². The van der Waals surface area contributed by atoms with E-state index in [-0.39, 0.29) is 0 Å². The molecule has 0 aromatic heterocycles. The molecule has 0 amide bonds. The highest BCUT2D eigenvalue weighted by Crippen LogP contribution is 2.33. The SMILES string of the molecule is CCNC(Cc1ccc(OC)c(OC)c1)C1CCC1. The van der Waals surface area contributed by atoms with Gasteiger partial charge in [-0.15, -0.1) is 0 Å². The van der Waals surface area contributed by atoms with Gasteiger partial charge in [-0.1, -0.05) is 19.4 Å². The van der Waals surface area contributed by atoms with Crippen molar-refractivity contribution in [2.45, 2.75) is 38.6 Å². The van der Waals surface area contributed by atoms with Crippen LogP contribution in [0.15, 0.2) is 18.2 Å². The van der Waals surface area contributed by atoms with Gasteiger partial charge in [0.05, 0.1) is 14.2 Å². The summed E-state index contributed by atoms with van der Waals surface area (Å²) in [6, 6.07) is 6.83. The summed E-state index contributed by atoms with van der Waals surface area (Å²) in [6.07, 6.45) is 5.19. The number of benzene rings is 1. The standard InChI is InChI=1S/C16H25NO2/c1-4-17-14(13-6-5-7-13)10-12-8-9-15(18-2)16(11-12)19-3/h8-9,11,13-14,17H,4-7,10H2,1-3H3. The molecule has 2 rings (SSSR count). The second-order valence-electron chi connectivity index (χ2n) is 5.25. The van der Waals surface area contributed by atoms with E-state index in [0.717, 1.165) is 30.4 Å². The van der Waals surface area contributed by atoms with Crippen LogP contribution in [-0.2, 0) is 6.42 Å². The van der Waals surface area contributed by atoms with Crippen LogP contribution in [0.1, 0.15) is 31.7 Å². The Bertz CT molecular complexity index is 402. The second kappa shape index (κ2) is 6.80. The Morgan fingerprint density at radius 1 is 1.21 bits per heavy atom. The molecule has 3 nitrogen and oxygen atoms in total. The molecule has 1 saturated carbocycles. The maximum absolute atomic E-state index is 5.37. The van der Waals surface area contributed by atoms with Gasteiger partial charge < -0.3 is 14.8 Å². The fourth-order valence-electron chi connectivity index (χ4n) is 2.77. The summed E-state index contributed by atoms with van der Waals surface area (Å²) in [6.45, 7) is 3.22. The summed E-state index contributed by atoms with van der Waals surface area (Å²) in [4.78, 5) is 0. The largest absolute Gasteiger partial charge is 0.493 e. The summed E-state index contributed by atoms with van der Waals surface area (Å²) in [5.41, 5.74) is 1.32. The van der Waals surface area contributed by atoms with Crippen molar-refractivity contribution < 1.29 is 9.47 Å². The predicted octanol–water partition coefficient (Wildman–Crippen LogP) is 3.02. The number of hydrogen-bond acceptors (Lipinski definition) is 3. The molecular weight excluding hydrogens is 238 g/mol. The van der Waals surface area contributed by atoms with E-state index in [4.69, 9.17) is 9.47 Å². The number of ether oxygens (including phenoxy) is 2. The van der Waals surface area contributed by atoms with Crippen LogP contribution >= 0.6 is 0 Å². The minimum Gasteiger partial charge on any atom is -0.493 e. The van der Waals surface area contributed by atoms with E-state index in [1.807, 2.05) is 6.07 Å². The molecule has 1 aromatic rings. The van der Waals surface area contributed by atoms with Crippen LogP contribution in [0.2, 0.25) is 0 Å². The Kier molecular flexibility index (Phi) is 5.08. The van der Waals surface area contributed by atoms with Crippen LogP contribution in [-0.4, -0.2) is 26.8 Å². The van der Waals surface area contributed by atoms with Crippen molar-refractivity contribution in [3.63, 3.8) is 0 Å². The normalized spacial score (nSPS) is 16.8. The Morgan fingerprint density at radius 2 is 1.95 bits per heavy atom. The van der Waals surface area contributed by atoms with Gasteiger partial charge >= 0.3 is 0 Å². The number of rotatable bonds is 7. The first-order valence-electron chi connectivity index (χ1n) is 7.22. The highest BCUT2D eigenvalue weighted by atomic mass is 16.5. The average Bonchev–Trinajstić information content (AvgIpc) is 2.37. The van der Waals surface area contributed by atoms with Gasteiger partial charge in [-0.3, -0.25) is 0 Å². The minimum atomic E-state index is 0.594. The Labute approximate surface area is 116 Å². The van der Waals surface area contributed by atoms with Crippen LogP contribution in [0.25, 0.3) is 0 Å².